The van der Waals surface area contributed by atoms with Gasteiger partial charge in [-0.25, -0.2) is 4.57 Å². The first-order chi connectivity index (χ1) is 32.9. The summed E-state index contributed by atoms with van der Waals surface area (Å²) in [7, 11) is -5.12. The summed E-state index contributed by atoms with van der Waals surface area (Å²) >= 11 is 0. The molecule has 0 aromatic heterocycles. The zero-order valence-corrected chi connectivity index (χ0v) is 43.8. The summed E-state index contributed by atoms with van der Waals surface area (Å²) in [5.41, 5.74) is 0. The molecule has 6 unspecified atom stereocenters. The number of aliphatic hydroxyl groups is 5. The minimum Gasteiger partial charge on any atom is -0.462 e. The lowest BCUT2D eigenvalue weighted by molar-refractivity contribution is -0.220. The van der Waals surface area contributed by atoms with Crippen LogP contribution >= 0.6 is 7.82 Å². The lowest BCUT2D eigenvalue weighted by Crippen LogP contribution is -2.64. The summed E-state index contributed by atoms with van der Waals surface area (Å²) in [6, 6.07) is 0. The Hall–Kier alpha value is -1.67. The van der Waals surface area contributed by atoms with Crippen LogP contribution in [0.2, 0.25) is 0 Å². The summed E-state index contributed by atoms with van der Waals surface area (Å²) in [6.45, 7) is 3.32. The number of carbonyl (C=O) groups excluding carboxylic acids is 2. The quantitative estimate of drug-likeness (QED) is 0.0145. The van der Waals surface area contributed by atoms with Crippen LogP contribution in [0, 0.1) is 0 Å². The third-order valence-corrected chi connectivity index (χ3v) is 14.0. The zero-order valence-electron chi connectivity index (χ0n) is 42.9. The van der Waals surface area contributed by atoms with E-state index < -0.39 is 75.7 Å². The smallest absolute Gasteiger partial charge is 0.462 e. The predicted octanol–water partition coefficient (Wildman–Crippen LogP) is 12.3. The first-order valence-electron chi connectivity index (χ1n) is 27.6. The number of hydrogen-bond donors (Lipinski definition) is 6. The Balaban J connectivity index is 2.35. The second-order valence-corrected chi connectivity index (χ2v) is 20.9. The maximum Gasteiger partial charge on any atom is 0.472 e. The summed E-state index contributed by atoms with van der Waals surface area (Å²) in [4.78, 5) is 35.9. The summed E-state index contributed by atoms with van der Waals surface area (Å²) in [5.74, 6) is -1.09. The fraction of sp³-hybridized carbons (Fsp3) is 0.889. The highest BCUT2D eigenvalue weighted by molar-refractivity contribution is 7.47. The van der Waals surface area contributed by atoms with E-state index in [1.807, 2.05) is 0 Å². The van der Waals surface area contributed by atoms with Crippen molar-refractivity contribution in [1.29, 1.82) is 0 Å². The van der Waals surface area contributed by atoms with Gasteiger partial charge in [-0.3, -0.25) is 18.6 Å². The van der Waals surface area contributed by atoms with Gasteiger partial charge in [0.25, 0.3) is 0 Å². The molecule has 1 rings (SSSR count). The normalized spacial score (nSPS) is 21.1. The van der Waals surface area contributed by atoms with Crippen molar-refractivity contribution >= 4 is 19.8 Å². The average Bonchev–Trinajstić information content (AvgIpc) is 3.32. The molecule has 400 valence electrons. The van der Waals surface area contributed by atoms with Crippen molar-refractivity contribution in [2.24, 2.45) is 0 Å². The summed E-state index contributed by atoms with van der Waals surface area (Å²) < 4.78 is 33.7. The molecular weight excluding hydrogens is 888 g/mol. The SMILES string of the molecule is CCCCC/C=C/C/C=C/CCCCCCCCCCCC(=O)O[C@@H](COC(=O)CCCCCCCCCCCCCCCCCCCCCC)COP(=O)(O)OC1C(O)C(O)C(O)[C@H](O)C1O. The Kier molecular flexibility index (Phi) is 41.7. The van der Waals surface area contributed by atoms with Crippen LogP contribution in [0.25, 0.3) is 0 Å². The number of hydrogen-bond acceptors (Lipinski definition) is 12. The second kappa shape index (κ2) is 44.1. The van der Waals surface area contributed by atoms with Gasteiger partial charge in [0, 0.05) is 12.8 Å². The standard InChI is InChI=1S/C54H101O13P/c1-3-5-7-9-11-13-15-17-19-21-23-25-26-28-30-32-34-36-38-40-42-47(55)64-44-46(45-65-68(62,63)67-54-52(60)50(58)49(57)51(59)53(54)61)66-48(56)43-41-39-37-35-33-31-29-27-24-22-20-18-16-14-12-10-8-6-4-2/h12,14,18,20,46,49-54,57-61H,3-11,13,15-17,19,21-45H2,1-2H3,(H,62,63)/b14-12+,20-18+/t46-,49?,50-,51?,52?,53?,54?/m0/s1. The van der Waals surface area contributed by atoms with E-state index in [4.69, 9.17) is 18.5 Å². The van der Waals surface area contributed by atoms with Gasteiger partial charge in [-0.15, -0.1) is 0 Å². The molecule has 0 aliphatic heterocycles. The number of aliphatic hydroxyl groups excluding tert-OH is 5. The molecule has 0 saturated heterocycles. The van der Waals surface area contributed by atoms with Crippen LogP contribution in [-0.4, -0.2) is 98.3 Å². The Morgan fingerprint density at radius 3 is 1.22 bits per heavy atom. The van der Waals surface area contributed by atoms with Crippen LogP contribution < -0.4 is 0 Å². The monoisotopic (exact) mass is 989 g/mol. The van der Waals surface area contributed by atoms with E-state index in [0.717, 1.165) is 57.8 Å². The number of esters is 2. The number of phosphoric acid groups is 1. The van der Waals surface area contributed by atoms with Gasteiger partial charge < -0.3 is 39.9 Å². The Morgan fingerprint density at radius 2 is 0.794 bits per heavy atom. The van der Waals surface area contributed by atoms with Gasteiger partial charge in [-0.1, -0.05) is 218 Å². The average molecular weight is 989 g/mol. The van der Waals surface area contributed by atoms with Crippen LogP contribution in [0.3, 0.4) is 0 Å². The van der Waals surface area contributed by atoms with Gasteiger partial charge in [0.15, 0.2) is 6.10 Å². The van der Waals surface area contributed by atoms with Gasteiger partial charge >= 0.3 is 19.8 Å². The molecule has 0 aromatic rings. The van der Waals surface area contributed by atoms with Gasteiger partial charge in [-0.05, 0) is 44.9 Å². The van der Waals surface area contributed by atoms with Crippen LogP contribution in [-0.2, 0) is 32.7 Å². The maximum absolute atomic E-state index is 12.9. The highest BCUT2D eigenvalue weighted by Crippen LogP contribution is 2.47. The van der Waals surface area contributed by atoms with E-state index >= 15 is 0 Å². The largest absolute Gasteiger partial charge is 0.472 e. The Morgan fingerprint density at radius 1 is 0.456 bits per heavy atom. The molecule has 0 spiro atoms. The van der Waals surface area contributed by atoms with Gasteiger partial charge in [-0.2, -0.15) is 0 Å². The van der Waals surface area contributed by atoms with E-state index in [-0.39, 0.29) is 12.8 Å². The molecule has 0 bridgehead atoms. The fourth-order valence-electron chi connectivity index (χ4n) is 8.61. The van der Waals surface area contributed by atoms with Crippen molar-refractivity contribution in [3.63, 3.8) is 0 Å². The first-order valence-corrected chi connectivity index (χ1v) is 29.1. The Labute approximate surface area is 413 Å². The number of allylic oxidation sites excluding steroid dienone is 4. The molecule has 6 N–H and O–H groups in total. The Bertz CT molecular complexity index is 1280. The molecule has 68 heavy (non-hydrogen) atoms. The van der Waals surface area contributed by atoms with Gasteiger partial charge in [0.05, 0.1) is 6.61 Å². The topological polar surface area (TPSA) is 210 Å². The van der Waals surface area contributed by atoms with Gasteiger partial charge in [0.2, 0.25) is 0 Å². The van der Waals surface area contributed by atoms with Crippen LogP contribution in [0.1, 0.15) is 251 Å². The molecule has 1 aliphatic rings. The molecular formula is C54H101O13P. The highest BCUT2D eigenvalue weighted by Gasteiger charge is 2.51. The van der Waals surface area contributed by atoms with E-state index in [0.29, 0.717) is 12.8 Å². The third kappa shape index (κ3) is 35.4. The van der Waals surface area contributed by atoms with Crippen molar-refractivity contribution in [3.8, 4) is 0 Å². The molecule has 1 aliphatic carbocycles. The zero-order chi connectivity index (χ0) is 49.9. The number of unbranched alkanes of at least 4 members (excludes halogenated alkanes) is 31. The molecule has 14 heteroatoms. The van der Waals surface area contributed by atoms with Crippen LogP contribution in [0.5, 0.6) is 0 Å². The van der Waals surface area contributed by atoms with E-state index in [2.05, 4.69) is 38.2 Å². The lowest BCUT2D eigenvalue weighted by atomic mass is 9.85. The van der Waals surface area contributed by atoms with Crippen LogP contribution in [0.4, 0.5) is 0 Å². The number of carbonyl (C=O) groups is 2. The van der Waals surface area contributed by atoms with Crippen molar-refractivity contribution in [1.82, 2.24) is 0 Å². The molecule has 0 amide bonds. The van der Waals surface area contributed by atoms with Crippen molar-refractivity contribution in [2.75, 3.05) is 13.2 Å². The van der Waals surface area contributed by atoms with Crippen LogP contribution in [0.15, 0.2) is 24.3 Å². The van der Waals surface area contributed by atoms with E-state index in [1.54, 1.807) is 0 Å². The molecule has 8 atom stereocenters. The lowest BCUT2D eigenvalue weighted by Gasteiger charge is -2.41. The molecule has 13 nitrogen and oxygen atoms in total. The predicted molar refractivity (Wildman–Crippen MR) is 272 cm³/mol. The molecule has 0 aromatic carbocycles. The first kappa shape index (κ1) is 64.3. The molecule has 0 radical (unpaired) electrons. The number of phosphoric ester groups is 1. The van der Waals surface area contributed by atoms with E-state index in [1.165, 1.54) is 154 Å². The van der Waals surface area contributed by atoms with Crippen molar-refractivity contribution < 1.29 is 63.1 Å². The molecule has 1 saturated carbocycles. The number of rotatable bonds is 47. The minimum absolute atomic E-state index is 0.0951. The minimum atomic E-state index is -5.12. The third-order valence-electron chi connectivity index (χ3n) is 13.0. The maximum atomic E-state index is 12.9. The fourth-order valence-corrected chi connectivity index (χ4v) is 9.59. The van der Waals surface area contributed by atoms with Crippen molar-refractivity contribution in [3.05, 3.63) is 24.3 Å². The number of ether oxygens (including phenoxy) is 2. The second-order valence-electron chi connectivity index (χ2n) is 19.4. The molecule has 1 fully saturated rings. The molecule has 0 heterocycles. The highest BCUT2D eigenvalue weighted by atomic mass is 31.2. The van der Waals surface area contributed by atoms with E-state index in [9.17, 15) is 44.6 Å². The summed E-state index contributed by atoms with van der Waals surface area (Å²) in [6.07, 6.45) is 37.9. The summed E-state index contributed by atoms with van der Waals surface area (Å²) in [5, 5.41) is 50.3. The van der Waals surface area contributed by atoms with Crippen molar-refractivity contribution in [2.45, 2.75) is 294 Å². The van der Waals surface area contributed by atoms with Gasteiger partial charge in [0.1, 0.15) is 43.2 Å².